The molecule has 0 unspecified atom stereocenters. The van der Waals surface area contributed by atoms with Crippen molar-refractivity contribution in [2.45, 2.75) is 6.92 Å². The third-order valence-corrected chi connectivity index (χ3v) is 4.31. The smallest absolute Gasteiger partial charge is 0.331 e. The van der Waals surface area contributed by atoms with E-state index >= 15 is 0 Å². The summed E-state index contributed by atoms with van der Waals surface area (Å²) in [6.07, 6.45) is 3.00. The van der Waals surface area contributed by atoms with Gasteiger partial charge in [0.25, 0.3) is 0 Å². The van der Waals surface area contributed by atoms with Gasteiger partial charge in [-0.05, 0) is 42.1 Å². The number of hydrogen-bond donors (Lipinski definition) is 0. The van der Waals surface area contributed by atoms with E-state index in [1.165, 1.54) is 31.6 Å². The third-order valence-electron chi connectivity index (χ3n) is 3.33. The second-order valence-electron chi connectivity index (χ2n) is 4.90. The van der Waals surface area contributed by atoms with Crippen molar-refractivity contribution in [2.24, 2.45) is 0 Å². The van der Waals surface area contributed by atoms with Crippen molar-refractivity contribution in [3.05, 3.63) is 51.7 Å². The number of methoxy groups -OCH3 is 2. The van der Waals surface area contributed by atoms with Gasteiger partial charge in [0.2, 0.25) is 5.78 Å². The van der Waals surface area contributed by atoms with E-state index in [2.05, 4.69) is 0 Å². The number of Topliss-reactive ketones (excluding diaryl/α,β-unsaturated/α-hetero) is 1. The van der Waals surface area contributed by atoms with Crippen LogP contribution in [0.3, 0.4) is 0 Å². The van der Waals surface area contributed by atoms with Crippen LogP contribution in [0, 0.1) is 6.92 Å². The zero-order chi connectivity index (χ0) is 17.5. The minimum absolute atomic E-state index is 0.337. The normalized spacial score (nSPS) is 10.6. The van der Waals surface area contributed by atoms with Crippen LogP contribution in [0.2, 0.25) is 0 Å². The molecule has 0 aliphatic rings. The number of rotatable bonds is 7. The van der Waals surface area contributed by atoms with Gasteiger partial charge in [-0.15, -0.1) is 11.3 Å². The van der Waals surface area contributed by atoms with Crippen molar-refractivity contribution in [3.63, 3.8) is 0 Å². The van der Waals surface area contributed by atoms with Crippen LogP contribution in [0.15, 0.2) is 35.7 Å². The summed E-state index contributed by atoms with van der Waals surface area (Å²) in [6, 6.07) is 6.80. The lowest BCUT2D eigenvalue weighted by molar-refractivity contribution is -0.136. The third kappa shape index (κ3) is 4.45. The van der Waals surface area contributed by atoms with Crippen LogP contribution >= 0.6 is 11.3 Å². The molecule has 5 nitrogen and oxygen atoms in total. The van der Waals surface area contributed by atoms with Gasteiger partial charge >= 0.3 is 5.97 Å². The molecular weight excluding hydrogens is 328 g/mol. The fraction of sp³-hybridized carbons (Fsp3) is 0.222. The average Bonchev–Trinajstić information content (AvgIpc) is 3.02. The predicted molar refractivity (Wildman–Crippen MR) is 92.9 cm³/mol. The van der Waals surface area contributed by atoms with Gasteiger partial charge in [0.15, 0.2) is 6.61 Å². The van der Waals surface area contributed by atoms with Crippen molar-refractivity contribution in [2.75, 3.05) is 20.8 Å². The molecule has 0 aliphatic carbocycles. The van der Waals surface area contributed by atoms with Crippen LogP contribution in [0.4, 0.5) is 0 Å². The molecule has 126 valence electrons. The molecule has 0 amide bonds. The fourth-order valence-electron chi connectivity index (χ4n) is 1.99. The van der Waals surface area contributed by atoms with Gasteiger partial charge in [-0.2, -0.15) is 0 Å². The van der Waals surface area contributed by atoms with Crippen molar-refractivity contribution in [3.8, 4) is 11.5 Å². The summed E-state index contributed by atoms with van der Waals surface area (Å²) < 4.78 is 15.2. The van der Waals surface area contributed by atoms with Crippen LogP contribution in [0.5, 0.6) is 11.5 Å². The molecule has 0 spiro atoms. The Morgan fingerprint density at radius 2 is 1.96 bits per heavy atom. The molecule has 0 saturated carbocycles. The first-order chi connectivity index (χ1) is 11.5. The number of thiophene rings is 1. The molecule has 0 aliphatic heterocycles. The van der Waals surface area contributed by atoms with Crippen LogP contribution in [0.25, 0.3) is 6.08 Å². The molecule has 24 heavy (non-hydrogen) atoms. The molecule has 1 heterocycles. The lowest BCUT2D eigenvalue weighted by Crippen LogP contribution is -2.13. The molecular formula is C18H18O5S. The summed E-state index contributed by atoms with van der Waals surface area (Å²) >= 11 is 1.53. The van der Waals surface area contributed by atoms with Gasteiger partial charge in [0.05, 0.1) is 19.8 Å². The lowest BCUT2D eigenvalue weighted by atomic mass is 10.1. The van der Waals surface area contributed by atoms with Gasteiger partial charge in [0.1, 0.15) is 11.5 Å². The Balaban J connectivity index is 1.96. The predicted octanol–water partition coefficient (Wildman–Crippen LogP) is 3.51. The first-order valence-corrected chi connectivity index (χ1v) is 8.07. The first kappa shape index (κ1) is 17.7. The molecule has 0 radical (unpaired) electrons. The Labute approximate surface area is 144 Å². The summed E-state index contributed by atoms with van der Waals surface area (Å²) in [4.78, 5) is 24.9. The highest BCUT2D eigenvalue weighted by molar-refractivity contribution is 7.11. The molecule has 0 bridgehead atoms. The maximum atomic E-state index is 12.2. The summed E-state index contributed by atoms with van der Waals surface area (Å²) in [5.74, 6) is 0.0435. The number of carbonyl (C=O) groups is 2. The number of benzene rings is 1. The summed E-state index contributed by atoms with van der Waals surface area (Å²) in [5, 5.41) is 1.94. The van der Waals surface area contributed by atoms with Crippen LogP contribution < -0.4 is 9.47 Å². The minimum Gasteiger partial charge on any atom is -0.497 e. The van der Waals surface area contributed by atoms with E-state index < -0.39 is 5.97 Å². The molecule has 0 fully saturated rings. The summed E-state index contributed by atoms with van der Waals surface area (Å²) in [7, 11) is 2.99. The van der Waals surface area contributed by atoms with E-state index in [1.54, 1.807) is 24.3 Å². The quantitative estimate of drug-likeness (QED) is 0.436. The highest BCUT2D eigenvalue weighted by Crippen LogP contribution is 2.25. The molecule has 2 rings (SSSR count). The van der Waals surface area contributed by atoms with E-state index in [-0.39, 0.29) is 12.4 Å². The van der Waals surface area contributed by atoms with Gasteiger partial charge in [-0.1, -0.05) is 0 Å². The van der Waals surface area contributed by atoms with E-state index in [1.807, 2.05) is 18.4 Å². The Bertz CT molecular complexity index is 761. The fourth-order valence-corrected chi connectivity index (χ4v) is 2.81. The maximum Gasteiger partial charge on any atom is 0.331 e. The lowest BCUT2D eigenvalue weighted by Gasteiger charge is -2.09. The maximum absolute atomic E-state index is 12.2. The number of ether oxygens (including phenoxy) is 3. The highest BCUT2D eigenvalue weighted by Gasteiger charge is 2.15. The second kappa shape index (κ2) is 8.31. The molecule has 6 heteroatoms. The van der Waals surface area contributed by atoms with Crippen LogP contribution in [-0.2, 0) is 9.53 Å². The zero-order valence-corrected chi connectivity index (χ0v) is 14.5. The van der Waals surface area contributed by atoms with Gasteiger partial charge in [-0.3, -0.25) is 4.79 Å². The molecule has 0 atom stereocenters. The van der Waals surface area contributed by atoms with Crippen molar-refractivity contribution in [1.29, 1.82) is 0 Å². The molecule has 1 aromatic heterocycles. The first-order valence-electron chi connectivity index (χ1n) is 7.19. The molecule has 2 aromatic rings. The Morgan fingerprint density at radius 3 is 2.58 bits per heavy atom. The van der Waals surface area contributed by atoms with E-state index in [9.17, 15) is 9.59 Å². The highest BCUT2D eigenvalue weighted by atomic mass is 32.1. The van der Waals surface area contributed by atoms with Crippen molar-refractivity contribution >= 4 is 29.2 Å². The zero-order valence-electron chi connectivity index (χ0n) is 13.7. The van der Waals surface area contributed by atoms with Gasteiger partial charge < -0.3 is 14.2 Å². The number of ketones is 1. The SMILES string of the molecule is COc1ccc(C(=O)COC(=O)/C=C/c2sccc2C)c(OC)c1. The standard InChI is InChI=1S/C18H18O5S/c1-12-8-9-24-17(12)6-7-18(20)23-11-15(19)14-5-4-13(21-2)10-16(14)22-3/h4-10H,11H2,1-3H3/b7-6+. The average molecular weight is 346 g/mol. The Hall–Kier alpha value is -2.60. The van der Waals surface area contributed by atoms with Crippen molar-refractivity contribution < 1.29 is 23.8 Å². The van der Waals surface area contributed by atoms with Crippen molar-refractivity contribution in [1.82, 2.24) is 0 Å². The topological polar surface area (TPSA) is 61.8 Å². The molecule has 0 N–H and O–H groups in total. The minimum atomic E-state index is -0.566. The van der Waals surface area contributed by atoms with Gasteiger partial charge in [-0.25, -0.2) is 4.79 Å². The van der Waals surface area contributed by atoms with E-state index in [0.717, 1.165) is 10.4 Å². The number of carbonyl (C=O) groups excluding carboxylic acids is 2. The largest absolute Gasteiger partial charge is 0.497 e. The Kier molecular flexibility index (Phi) is 6.14. The number of hydrogen-bond acceptors (Lipinski definition) is 6. The summed E-state index contributed by atoms with van der Waals surface area (Å²) in [6.45, 7) is 1.61. The number of esters is 1. The van der Waals surface area contributed by atoms with Crippen LogP contribution in [0.1, 0.15) is 20.8 Å². The van der Waals surface area contributed by atoms with E-state index in [0.29, 0.717) is 17.1 Å². The molecule has 1 aromatic carbocycles. The van der Waals surface area contributed by atoms with E-state index in [4.69, 9.17) is 14.2 Å². The summed E-state index contributed by atoms with van der Waals surface area (Å²) in [5.41, 5.74) is 1.42. The van der Waals surface area contributed by atoms with Gasteiger partial charge in [0, 0.05) is 17.0 Å². The monoisotopic (exact) mass is 346 g/mol. The second-order valence-corrected chi connectivity index (χ2v) is 5.85. The van der Waals surface area contributed by atoms with Crippen LogP contribution in [-0.4, -0.2) is 32.6 Å². The molecule has 0 saturated heterocycles. The Morgan fingerprint density at radius 1 is 1.17 bits per heavy atom. The number of aryl methyl sites for hydroxylation is 1.